The molecule has 1 aliphatic rings. The van der Waals surface area contributed by atoms with Crippen molar-refractivity contribution in [3.05, 3.63) is 23.2 Å². The van der Waals surface area contributed by atoms with Gasteiger partial charge in [0.2, 0.25) is 5.91 Å². The highest BCUT2D eigenvalue weighted by Gasteiger charge is 2.29. The molecule has 1 fully saturated rings. The fourth-order valence-corrected chi connectivity index (χ4v) is 2.63. The summed E-state index contributed by atoms with van der Waals surface area (Å²) in [4.78, 5) is 35.8. The molecule has 3 amide bonds. The molecule has 1 aromatic heterocycles. The number of furan rings is 1. The SMILES string of the molecule is Cc1coc(C)c1C(=O)NCCN1C(=O)CSC1=O. The summed E-state index contributed by atoms with van der Waals surface area (Å²) in [5.74, 6) is 0.279. The third kappa shape index (κ3) is 2.81. The van der Waals surface area contributed by atoms with E-state index in [-0.39, 0.29) is 35.9 Å². The average molecular weight is 282 g/mol. The Balaban J connectivity index is 1.88. The first-order valence-corrected chi connectivity index (χ1v) is 6.79. The Labute approximate surface area is 114 Å². The topological polar surface area (TPSA) is 79.6 Å². The first-order chi connectivity index (χ1) is 9.00. The molecule has 102 valence electrons. The van der Waals surface area contributed by atoms with E-state index in [1.165, 1.54) is 6.26 Å². The zero-order chi connectivity index (χ0) is 14.0. The maximum atomic E-state index is 11.9. The third-order valence-corrected chi connectivity index (χ3v) is 3.71. The van der Waals surface area contributed by atoms with Crippen molar-refractivity contribution in [3.63, 3.8) is 0 Å². The minimum absolute atomic E-state index is 0.187. The van der Waals surface area contributed by atoms with Crippen LogP contribution in [0.3, 0.4) is 0 Å². The van der Waals surface area contributed by atoms with Crippen molar-refractivity contribution in [3.8, 4) is 0 Å². The lowest BCUT2D eigenvalue weighted by atomic mass is 10.1. The molecule has 1 N–H and O–H groups in total. The van der Waals surface area contributed by atoms with Crippen molar-refractivity contribution >= 4 is 28.8 Å². The van der Waals surface area contributed by atoms with Gasteiger partial charge in [0.05, 0.1) is 17.6 Å². The van der Waals surface area contributed by atoms with Gasteiger partial charge in [0.1, 0.15) is 5.76 Å². The number of amides is 3. The van der Waals surface area contributed by atoms with Crippen LogP contribution in [0.25, 0.3) is 0 Å². The van der Waals surface area contributed by atoms with Crippen LogP contribution in [0.1, 0.15) is 21.7 Å². The van der Waals surface area contributed by atoms with Gasteiger partial charge < -0.3 is 9.73 Å². The summed E-state index contributed by atoms with van der Waals surface area (Å²) in [6, 6.07) is 0. The minimum atomic E-state index is -0.255. The van der Waals surface area contributed by atoms with Crippen LogP contribution in [0.4, 0.5) is 4.79 Å². The summed E-state index contributed by atoms with van der Waals surface area (Å²) in [6.45, 7) is 3.94. The van der Waals surface area contributed by atoms with E-state index < -0.39 is 0 Å². The van der Waals surface area contributed by atoms with Gasteiger partial charge in [0, 0.05) is 18.7 Å². The Morgan fingerprint density at radius 3 is 2.74 bits per heavy atom. The van der Waals surface area contributed by atoms with Crippen molar-refractivity contribution in [2.75, 3.05) is 18.8 Å². The van der Waals surface area contributed by atoms with Crippen LogP contribution in [-0.4, -0.2) is 40.8 Å². The fraction of sp³-hybridized carbons (Fsp3) is 0.417. The second kappa shape index (κ2) is 5.48. The second-order valence-corrected chi connectivity index (χ2v) is 5.13. The molecule has 19 heavy (non-hydrogen) atoms. The van der Waals surface area contributed by atoms with E-state index in [1.807, 2.05) is 0 Å². The monoisotopic (exact) mass is 282 g/mol. The predicted molar refractivity (Wildman–Crippen MR) is 70.1 cm³/mol. The molecule has 2 heterocycles. The maximum absolute atomic E-state index is 11.9. The highest BCUT2D eigenvalue weighted by atomic mass is 32.2. The molecule has 0 radical (unpaired) electrons. The highest BCUT2D eigenvalue weighted by Crippen LogP contribution is 2.18. The van der Waals surface area contributed by atoms with E-state index in [2.05, 4.69) is 5.32 Å². The third-order valence-electron chi connectivity index (χ3n) is 2.85. The lowest BCUT2D eigenvalue weighted by Gasteiger charge is -2.13. The molecule has 1 aliphatic heterocycles. The summed E-state index contributed by atoms with van der Waals surface area (Å²) < 4.78 is 5.15. The Morgan fingerprint density at radius 1 is 1.47 bits per heavy atom. The number of imide groups is 1. The zero-order valence-corrected chi connectivity index (χ0v) is 11.5. The Bertz CT molecular complexity index is 502. The van der Waals surface area contributed by atoms with E-state index >= 15 is 0 Å². The van der Waals surface area contributed by atoms with Gasteiger partial charge in [-0.05, 0) is 13.8 Å². The van der Waals surface area contributed by atoms with Gasteiger partial charge in [0.15, 0.2) is 0 Å². The van der Waals surface area contributed by atoms with Crippen LogP contribution in [0.2, 0.25) is 0 Å². The number of nitrogens with one attached hydrogen (secondary N) is 1. The lowest BCUT2D eigenvalue weighted by molar-refractivity contribution is -0.124. The Kier molecular flexibility index (Phi) is 3.94. The summed E-state index contributed by atoms with van der Waals surface area (Å²) in [5, 5.41) is 2.43. The van der Waals surface area contributed by atoms with Gasteiger partial charge in [-0.3, -0.25) is 19.3 Å². The standard InChI is InChI=1S/C12H14N2O4S/c1-7-5-18-8(2)10(7)11(16)13-3-4-14-9(15)6-19-12(14)17/h5H,3-4,6H2,1-2H3,(H,13,16). The number of carbonyl (C=O) groups is 3. The predicted octanol–water partition coefficient (Wildman–Crippen LogP) is 1.32. The van der Waals surface area contributed by atoms with E-state index in [9.17, 15) is 14.4 Å². The van der Waals surface area contributed by atoms with Crippen LogP contribution < -0.4 is 5.32 Å². The quantitative estimate of drug-likeness (QED) is 0.901. The van der Waals surface area contributed by atoms with E-state index in [0.29, 0.717) is 11.3 Å². The molecule has 0 aromatic carbocycles. The molecule has 0 unspecified atom stereocenters. The minimum Gasteiger partial charge on any atom is -0.469 e. The Hall–Kier alpha value is -1.76. The molecule has 0 saturated carbocycles. The van der Waals surface area contributed by atoms with E-state index in [4.69, 9.17) is 4.42 Å². The molecule has 0 bridgehead atoms. The molecule has 7 heteroatoms. The van der Waals surface area contributed by atoms with Crippen LogP contribution >= 0.6 is 11.8 Å². The van der Waals surface area contributed by atoms with Crippen LogP contribution in [0.15, 0.2) is 10.7 Å². The van der Waals surface area contributed by atoms with Crippen molar-refractivity contribution in [2.45, 2.75) is 13.8 Å². The maximum Gasteiger partial charge on any atom is 0.288 e. The zero-order valence-electron chi connectivity index (χ0n) is 10.7. The smallest absolute Gasteiger partial charge is 0.288 e. The van der Waals surface area contributed by atoms with Crippen molar-refractivity contribution in [1.82, 2.24) is 10.2 Å². The number of hydrogen-bond donors (Lipinski definition) is 1. The van der Waals surface area contributed by atoms with Gasteiger partial charge >= 0.3 is 0 Å². The van der Waals surface area contributed by atoms with Crippen molar-refractivity contribution in [1.29, 1.82) is 0 Å². The highest BCUT2D eigenvalue weighted by molar-refractivity contribution is 8.14. The lowest BCUT2D eigenvalue weighted by Crippen LogP contribution is -2.37. The molecule has 0 spiro atoms. The molecule has 1 aromatic rings. The summed E-state index contributed by atoms with van der Waals surface area (Å²) in [7, 11) is 0. The molecule has 1 saturated heterocycles. The number of nitrogens with zero attached hydrogens (tertiary/aromatic N) is 1. The van der Waals surface area contributed by atoms with Crippen LogP contribution in [0.5, 0.6) is 0 Å². The first kappa shape index (κ1) is 13.7. The number of thioether (sulfide) groups is 1. The molecule has 6 nitrogen and oxygen atoms in total. The fourth-order valence-electron chi connectivity index (χ4n) is 1.88. The average Bonchev–Trinajstić information content (AvgIpc) is 2.85. The van der Waals surface area contributed by atoms with E-state index in [0.717, 1.165) is 22.2 Å². The number of carbonyl (C=O) groups excluding carboxylic acids is 3. The summed E-state index contributed by atoms with van der Waals surface area (Å²) in [5.41, 5.74) is 1.27. The van der Waals surface area contributed by atoms with E-state index in [1.54, 1.807) is 13.8 Å². The van der Waals surface area contributed by atoms with Gasteiger partial charge in [-0.2, -0.15) is 0 Å². The van der Waals surface area contributed by atoms with Crippen LogP contribution in [0, 0.1) is 13.8 Å². The Morgan fingerprint density at radius 2 is 2.21 bits per heavy atom. The molecule has 2 rings (SSSR count). The number of aryl methyl sites for hydroxylation is 2. The van der Waals surface area contributed by atoms with Gasteiger partial charge in [0.25, 0.3) is 11.1 Å². The van der Waals surface area contributed by atoms with Crippen molar-refractivity contribution in [2.24, 2.45) is 0 Å². The van der Waals surface area contributed by atoms with Crippen molar-refractivity contribution < 1.29 is 18.8 Å². The normalized spacial score (nSPS) is 15.2. The second-order valence-electron chi connectivity index (χ2n) is 4.21. The van der Waals surface area contributed by atoms with Gasteiger partial charge in [-0.15, -0.1) is 0 Å². The first-order valence-electron chi connectivity index (χ1n) is 5.80. The molecular formula is C12H14N2O4S. The van der Waals surface area contributed by atoms with Gasteiger partial charge in [-0.25, -0.2) is 0 Å². The largest absolute Gasteiger partial charge is 0.469 e. The van der Waals surface area contributed by atoms with Gasteiger partial charge in [-0.1, -0.05) is 11.8 Å². The molecular weight excluding hydrogens is 268 g/mol. The summed E-state index contributed by atoms with van der Waals surface area (Å²) >= 11 is 0.985. The number of rotatable bonds is 4. The molecule has 0 atom stereocenters. The number of hydrogen-bond acceptors (Lipinski definition) is 5. The summed E-state index contributed by atoms with van der Waals surface area (Å²) in [6.07, 6.45) is 1.52. The van der Waals surface area contributed by atoms with Crippen LogP contribution in [-0.2, 0) is 4.79 Å². The molecule has 0 aliphatic carbocycles.